The number of aromatic nitrogens is 4. The van der Waals surface area contributed by atoms with Crippen molar-refractivity contribution in [1.29, 1.82) is 0 Å². The zero-order valence-electron chi connectivity index (χ0n) is 16.5. The lowest BCUT2D eigenvalue weighted by molar-refractivity contribution is 0.0706. The molecule has 3 heterocycles. The zero-order valence-corrected chi connectivity index (χ0v) is 18.9. The summed E-state index contributed by atoms with van der Waals surface area (Å²) in [5.74, 6) is 0.362. The molecule has 0 bridgehead atoms. The summed E-state index contributed by atoms with van der Waals surface area (Å²) in [5.41, 5.74) is 3.12. The van der Waals surface area contributed by atoms with Crippen molar-refractivity contribution in [2.75, 3.05) is 13.1 Å². The van der Waals surface area contributed by atoms with Crippen LogP contribution in [0, 0.1) is 6.92 Å². The highest BCUT2D eigenvalue weighted by Crippen LogP contribution is 2.34. The second kappa shape index (κ2) is 7.92. The van der Waals surface area contributed by atoms with E-state index in [0.29, 0.717) is 24.7 Å². The number of hydrogen-bond acceptors (Lipinski definition) is 5. The minimum atomic E-state index is -0.0449. The van der Waals surface area contributed by atoms with Crippen LogP contribution in [0.5, 0.6) is 0 Å². The molecule has 0 N–H and O–H groups in total. The lowest BCUT2D eigenvalue weighted by Gasteiger charge is -2.30. The Labute approximate surface area is 186 Å². The summed E-state index contributed by atoms with van der Waals surface area (Å²) >= 11 is 5.25. The van der Waals surface area contributed by atoms with Crippen molar-refractivity contribution < 1.29 is 4.79 Å². The van der Waals surface area contributed by atoms with E-state index in [1.807, 2.05) is 42.2 Å². The van der Waals surface area contributed by atoms with Crippen molar-refractivity contribution in [3.8, 4) is 5.69 Å². The molecular formula is C22H20BrN5OS. The van der Waals surface area contributed by atoms with Crippen LogP contribution in [0.25, 0.3) is 15.9 Å². The van der Waals surface area contributed by atoms with Gasteiger partial charge < -0.3 is 4.90 Å². The lowest BCUT2D eigenvalue weighted by Crippen LogP contribution is -2.38. The van der Waals surface area contributed by atoms with E-state index in [9.17, 15) is 4.79 Å². The molecule has 0 atom stereocenters. The van der Waals surface area contributed by atoms with Gasteiger partial charge in [-0.2, -0.15) is 0 Å². The number of carbonyl (C=O) groups is 1. The van der Waals surface area contributed by atoms with Crippen molar-refractivity contribution in [3.63, 3.8) is 0 Å². The first-order valence-corrected chi connectivity index (χ1v) is 11.5. The van der Waals surface area contributed by atoms with Crippen LogP contribution < -0.4 is 0 Å². The number of carbonyl (C=O) groups excluding carboxylic acids is 1. The van der Waals surface area contributed by atoms with Gasteiger partial charge in [-0.25, -0.2) is 9.67 Å². The fourth-order valence-electron chi connectivity index (χ4n) is 3.92. The van der Waals surface area contributed by atoms with E-state index in [4.69, 9.17) is 4.98 Å². The van der Waals surface area contributed by atoms with Gasteiger partial charge in [-0.1, -0.05) is 39.3 Å². The van der Waals surface area contributed by atoms with Crippen LogP contribution in [0.15, 0.2) is 53.0 Å². The highest BCUT2D eigenvalue weighted by Gasteiger charge is 2.29. The van der Waals surface area contributed by atoms with Crippen LogP contribution in [-0.4, -0.2) is 43.9 Å². The van der Waals surface area contributed by atoms with Crippen LogP contribution >= 0.6 is 27.3 Å². The van der Waals surface area contributed by atoms with E-state index in [0.717, 1.165) is 34.2 Å². The van der Waals surface area contributed by atoms with Crippen LogP contribution in [0.1, 0.15) is 39.9 Å². The van der Waals surface area contributed by atoms with E-state index in [2.05, 4.69) is 44.4 Å². The molecule has 0 aliphatic carbocycles. The number of rotatable bonds is 3. The Hall–Kier alpha value is -2.58. The largest absolute Gasteiger partial charge is 0.337 e. The minimum absolute atomic E-state index is 0.0449. The Balaban J connectivity index is 1.30. The second-order valence-corrected chi connectivity index (χ2v) is 9.48. The van der Waals surface area contributed by atoms with Crippen molar-refractivity contribution in [2.24, 2.45) is 0 Å². The number of halogens is 1. The smallest absolute Gasteiger partial charge is 0.276 e. The molecule has 0 unspecified atom stereocenters. The van der Waals surface area contributed by atoms with Gasteiger partial charge in [0.15, 0.2) is 5.69 Å². The maximum Gasteiger partial charge on any atom is 0.276 e. The number of likely N-dealkylation sites (tertiary alicyclic amines) is 1. The third-order valence-electron chi connectivity index (χ3n) is 5.59. The fourth-order valence-corrected chi connectivity index (χ4v) is 5.45. The number of hydrogen-bond donors (Lipinski definition) is 0. The summed E-state index contributed by atoms with van der Waals surface area (Å²) in [7, 11) is 0. The van der Waals surface area contributed by atoms with E-state index in [1.165, 1.54) is 9.71 Å². The first kappa shape index (κ1) is 19.4. The summed E-state index contributed by atoms with van der Waals surface area (Å²) in [6.07, 6.45) is 1.84. The highest BCUT2D eigenvalue weighted by atomic mass is 79.9. The van der Waals surface area contributed by atoms with Gasteiger partial charge >= 0.3 is 0 Å². The minimum Gasteiger partial charge on any atom is -0.337 e. The molecule has 6 nitrogen and oxygen atoms in total. The molecule has 152 valence electrons. The number of amides is 1. The molecule has 2 aromatic carbocycles. The standard InChI is InChI=1S/C22H20BrN5OS/c1-14-20(25-26-28(14)17-6-4-5-16(23)13-17)22(29)27-11-9-15(10-12-27)21-24-18-7-2-3-8-19(18)30-21/h2-8,13,15H,9-12H2,1H3. The Bertz CT molecular complexity index is 1190. The predicted molar refractivity (Wildman–Crippen MR) is 121 cm³/mol. The molecule has 1 saturated heterocycles. The number of fused-ring (bicyclic) bond motifs is 1. The molecule has 30 heavy (non-hydrogen) atoms. The highest BCUT2D eigenvalue weighted by molar-refractivity contribution is 9.10. The third kappa shape index (κ3) is 3.54. The van der Waals surface area contributed by atoms with Crippen LogP contribution in [-0.2, 0) is 0 Å². The zero-order chi connectivity index (χ0) is 20.7. The maximum atomic E-state index is 13.1. The van der Waals surface area contributed by atoms with Gasteiger partial charge in [-0.3, -0.25) is 4.79 Å². The van der Waals surface area contributed by atoms with E-state index >= 15 is 0 Å². The van der Waals surface area contributed by atoms with Gasteiger partial charge in [-0.05, 0) is 50.1 Å². The molecular weight excluding hydrogens is 462 g/mol. The van der Waals surface area contributed by atoms with Crippen LogP contribution in [0.3, 0.4) is 0 Å². The van der Waals surface area contributed by atoms with Gasteiger partial charge in [0, 0.05) is 23.5 Å². The fraction of sp³-hybridized carbons (Fsp3) is 0.273. The Morgan fingerprint density at radius 2 is 1.93 bits per heavy atom. The summed E-state index contributed by atoms with van der Waals surface area (Å²) in [4.78, 5) is 19.8. The van der Waals surface area contributed by atoms with Crippen molar-refractivity contribution in [3.05, 3.63) is 69.4 Å². The van der Waals surface area contributed by atoms with Gasteiger partial charge in [0.1, 0.15) is 0 Å². The van der Waals surface area contributed by atoms with E-state index < -0.39 is 0 Å². The van der Waals surface area contributed by atoms with Crippen LogP contribution in [0.2, 0.25) is 0 Å². The molecule has 8 heteroatoms. The second-order valence-electron chi connectivity index (χ2n) is 7.50. The van der Waals surface area contributed by atoms with Crippen molar-refractivity contribution >= 4 is 43.4 Å². The number of piperidine rings is 1. The van der Waals surface area contributed by atoms with Crippen molar-refractivity contribution in [1.82, 2.24) is 24.9 Å². The molecule has 1 fully saturated rings. The van der Waals surface area contributed by atoms with E-state index in [1.54, 1.807) is 16.0 Å². The Morgan fingerprint density at radius 1 is 1.13 bits per heavy atom. The normalized spacial score (nSPS) is 15.1. The molecule has 4 aromatic rings. The molecule has 0 radical (unpaired) electrons. The molecule has 5 rings (SSSR count). The first-order valence-electron chi connectivity index (χ1n) is 9.93. The van der Waals surface area contributed by atoms with Crippen LogP contribution in [0.4, 0.5) is 0 Å². The molecule has 1 aliphatic heterocycles. The summed E-state index contributed by atoms with van der Waals surface area (Å²) < 4.78 is 3.90. The summed E-state index contributed by atoms with van der Waals surface area (Å²) in [6.45, 7) is 3.31. The SMILES string of the molecule is Cc1c(C(=O)N2CCC(c3nc4ccccc4s3)CC2)nnn1-c1cccc(Br)c1. The summed E-state index contributed by atoms with van der Waals surface area (Å²) in [5, 5.41) is 9.60. The number of nitrogens with zero attached hydrogens (tertiary/aromatic N) is 5. The monoisotopic (exact) mass is 481 g/mol. The van der Waals surface area contributed by atoms with Gasteiger partial charge in [0.05, 0.1) is 26.6 Å². The summed E-state index contributed by atoms with van der Waals surface area (Å²) in [6, 6.07) is 16.1. The maximum absolute atomic E-state index is 13.1. The lowest BCUT2D eigenvalue weighted by atomic mass is 9.97. The third-order valence-corrected chi connectivity index (χ3v) is 7.28. The Morgan fingerprint density at radius 3 is 2.70 bits per heavy atom. The number of benzene rings is 2. The molecule has 1 aliphatic rings. The van der Waals surface area contributed by atoms with Gasteiger partial charge in [-0.15, -0.1) is 16.4 Å². The van der Waals surface area contributed by atoms with E-state index in [-0.39, 0.29) is 5.91 Å². The van der Waals surface area contributed by atoms with Gasteiger partial charge in [0.2, 0.25) is 0 Å². The molecule has 2 aromatic heterocycles. The quantitative estimate of drug-likeness (QED) is 0.414. The van der Waals surface area contributed by atoms with Gasteiger partial charge in [0.25, 0.3) is 5.91 Å². The average molecular weight is 482 g/mol. The topological polar surface area (TPSA) is 63.9 Å². The predicted octanol–water partition coefficient (Wildman–Crippen LogP) is 4.97. The molecule has 0 spiro atoms. The average Bonchev–Trinajstić information content (AvgIpc) is 3.37. The first-order chi connectivity index (χ1) is 14.6. The number of thiazole rings is 1. The molecule has 0 saturated carbocycles. The Kier molecular flexibility index (Phi) is 5.12. The van der Waals surface area contributed by atoms with Crippen molar-refractivity contribution in [2.45, 2.75) is 25.7 Å². The molecule has 1 amide bonds. The number of para-hydroxylation sites is 1.